The molecule has 1 aliphatic heterocycles. The molecule has 1 fully saturated rings. The monoisotopic (exact) mass is 208 g/mol. The summed E-state index contributed by atoms with van der Waals surface area (Å²) < 4.78 is 9.81. The Morgan fingerprint density at radius 3 is 2.14 bits per heavy atom. The van der Waals surface area contributed by atoms with Gasteiger partial charge in [0, 0.05) is 7.11 Å². The summed E-state index contributed by atoms with van der Waals surface area (Å²) >= 11 is 0. The van der Waals surface area contributed by atoms with Crippen LogP contribution in [0.4, 0.5) is 0 Å². The maximum Gasteiger partial charge on any atom is 0.186 e. The van der Waals surface area contributed by atoms with Crippen LogP contribution in [-0.2, 0) is 9.47 Å². The molecule has 4 N–H and O–H groups in total. The lowest BCUT2D eigenvalue weighted by Crippen LogP contribution is -2.60. The van der Waals surface area contributed by atoms with Gasteiger partial charge < -0.3 is 29.9 Å². The Labute approximate surface area is 81.7 Å². The summed E-state index contributed by atoms with van der Waals surface area (Å²) in [6.45, 7) is 1.42. The molecule has 1 aliphatic rings. The quantitative estimate of drug-likeness (QED) is 0.412. The molecule has 0 aliphatic carbocycles. The van der Waals surface area contributed by atoms with Crippen LogP contribution < -0.4 is 0 Å². The van der Waals surface area contributed by atoms with Crippen LogP contribution in [0.3, 0.4) is 0 Å². The van der Waals surface area contributed by atoms with Gasteiger partial charge in [0.2, 0.25) is 0 Å². The topological polar surface area (TPSA) is 99.4 Å². The van der Waals surface area contributed by atoms with E-state index < -0.39 is 36.8 Å². The van der Waals surface area contributed by atoms with Gasteiger partial charge in [-0.25, -0.2) is 0 Å². The van der Waals surface area contributed by atoms with Crippen LogP contribution in [-0.4, -0.2) is 64.3 Å². The molecule has 6 atom stereocenters. The van der Waals surface area contributed by atoms with Crippen LogP contribution >= 0.6 is 0 Å². The molecule has 6 nitrogen and oxygen atoms in total. The molecule has 1 unspecified atom stereocenters. The Hall–Kier alpha value is -0.240. The molecular weight excluding hydrogens is 192 g/mol. The zero-order valence-corrected chi connectivity index (χ0v) is 8.07. The van der Waals surface area contributed by atoms with Crippen molar-refractivity contribution in [1.82, 2.24) is 0 Å². The summed E-state index contributed by atoms with van der Waals surface area (Å²) in [5.41, 5.74) is 0. The first-order valence-electron chi connectivity index (χ1n) is 4.39. The Balaban J connectivity index is 2.73. The predicted octanol–water partition coefficient (Wildman–Crippen LogP) is -2.18. The highest BCUT2D eigenvalue weighted by Crippen LogP contribution is 2.23. The summed E-state index contributed by atoms with van der Waals surface area (Å²) in [5, 5.41) is 37.4. The zero-order valence-electron chi connectivity index (χ0n) is 8.07. The average Bonchev–Trinajstić information content (AvgIpc) is 2.14. The molecule has 0 amide bonds. The highest BCUT2D eigenvalue weighted by atomic mass is 16.7. The van der Waals surface area contributed by atoms with Gasteiger partial charge in [-0.1, -0.05) is 0 Å². The summed E-state index contributed by atoms with van der Waals surface area (Å²) in [6, 6.07) is 0. The molecule has 0 aromatic rings. The molecule has 6 heteroatoms. The van der Waals surface area contributed by atoms with Gasteiger partial charge in [-0.15, -0.1) is 0 Å². The number of rotatable bonds is 2. The van der Waals surface area contributed by atoms with Crippen molar-refractivity contribution >= 4 is 0 Å². The summed E-state index contributed by atoms with van der Waals surface area (Å²) in [4.78, 5) is 0. The van der Waals surface area contributed by atoms with Gasteiger partial charge in [0.05, 0.1) is 6.10 Å². The Morgan fingerprint density at radius 2 is 1.71 bits per heavy atom. The molecule has 14 heavy (non-hydrogen) atoms. The van der Waals surface area contributed by atoms with Gasteiger partial charge in [0.15, 0.2) is 6.29 Å². The molecule has 84 valence electrons. The number of aliphatic hydroxyl groups is 4. The fourth-order valence-corrected chi connectivity index (χ4v) is 1.47. The van der Waals surface area contributed by atoms with E-state index in [1.165, 1.54) is 14.0 Å². The number of hydrogen-bond acceptors (Lipinski definition) is 6. The minimum atomic E-state index is -1.38. The summed E-state index contributed by atoms with van der Waals surface area (Å²) in [5.74, 6) is 0. The van der Waals surface area contributed by atoms with Crippen molar-refractivity contribution < 1.29 is 29.9 Å². The Kier molecular flexibility index (Phi) is 3.82. The number of ether oxygens (including phenoxy) is 2. The highest BCUT2D eigenvalue weighted by molar-refractivity contribution is 4.91. The highest BCUT2D eigenvalue weighted by Gasteiger charge is 2.45. The van der Waals surface area contributed by atoms with Crippen LogP contribution in [0.2, 0.25) is 0 Å². The van der Waals surface area contributed by atoms with Crippen molar-refractivity contribution in [2.75, 3.05) is 7.11 Å². The van der Waals surface area contributed by atoms with Gasteiger partial charge >= 0.3 is 0 Å². The van der Waals surface area contributed by atoms with E-state index in [9.17, 15) is 20.4 Å². The van der Waals surface area contributed by atoms with Gasteiger partial charge in [-0.3, -0.25) is 0 Å². The van der Waals surface area contributed by atoms with E-state index in [1.807, 2.05) is 0 Å². The molecule has 0 radical (unpaired) electrons. The van der Waals surface area contributed by atoms with E-state index >= 15 is 0 Å². The molecule has 0 saturated carbocycles. The van der Waals surface area contributed by atoms with E-state index in [2.05, 4.69) is 0 Å². The number of aliphatic hydroxyl groups excluding tert-OH is 4. The van der Waals surface area contributed by atoms with Crippen LogP contribution in [0, 0.1) is 0 Å². The minimum absolute atomic E-state index is 0.954. The van der Waals surface area contributed by atoms with Crippen LogP contribution in [0.1, 0.15) is 6.92 Å². The zero-order chi connectivity index (χ0) is 10.9. The first kappa shape index (κ1) is 11.8. The van der Waals surface area contributed by atoms with Crippen LogP contribution in [0.5, 0.6) is 0 Å². The van der Waals surface area contributed by atoms with E-state index in [0.29, 0.717) is 0 Å². The lowest BCUT2D eigenvalue weighted by molar-refractivity contribution is -0.302. The van der Waals surface area contributed by atoms with Crippen molar-refractivity contribution in [3.8, 4) is 0 Å². The van der Waals surface area contributed by atoms with E-state index in [0.717, 1.165) is 0 Å². The average molecular weight is 208 g/mol. The minimum Gasteiger partial charge on any atom is -0.391 e. The second-order valence-electron chi connectivity index (χ2n) is 3.42. The third-order valence-electron chi connectivity index (χ3n) is 2.31. The maximum atomic E-state index is 9.44. The Bertz CT molecular complexity index is 183. The van der Waals surface area contributed by atoms with Gasteiger partial charge in [-0.2, -0.15) is 0 Å². The second-order valence-corrected chi connectivity index (χ2v) is 3.42. The maximum absolute atomic E-state index is 9.44. The molecule has 0 bridgehead atoms. The smallest absolute Gasteiger partial charge is 0.186 e. The van der Waals surface area contributed by atoms with Crippen LogP contribution in [0.25, 0.3) is 0 Å². The van der Waals surface area contributed by atoms with Gasteiger partial charge in [0.25, 0.3) is 0 Å². The van der Waals surface area contributed by atoms with Gasteiger partial charge in [-0.05, 0) is 6.92 Å². The lowest BCUT2D eigenvalue weighted by atomic mass is 9.96. The van der Waals surface area contributed by atoms with Crippen molar-refractivity contribution in [3.63, 3.8) is 0 Å². The summed E-state index contributed by atoms with van der Waals surface area (Å²) in [6.07, 6.45) is -6.97. The molecule has 1 heterocycles. The predicted molar refractivity (Wildman–Crippen MR) is 45.4 cm³/mol. The molecule has 0 spiro atoms. The first-order valence-corrected chi connectivity index (χ1v) is 4.39. The summed E-state index contributed by atoms with van der Waals surface area (Å²) in [7, 11) is 1.30. The van der Waals surface area contributed by atoms with Gasteiger partial charge in [0.1, 0.15) is 24.4 Å². The fraction of sp³-hybridized carbons (Fsp3) is 1.00. The van der Waals surface area contributed by atoms with Crippen molar-refractivity contribution in [2.45, 2.75) is 43.7 Å². The van der Waals surface area contributed by atoms with E-state index in [-0.39, 0.29) is 0 Å². The van der Waals surface area contributed by atoms with Crippen LogP contribution in [0.15, 0.2) is 0 Å². The molecule has 0 aromatic carbocycles. The SMILES string of the molecule is CO[C@@H]1O[C@H](C(C)O)[C@H](O)[C@H](O)[C@H]1O. The molecule has 1 saturated heterocycles. The van der Waals surface area contributed by atoms with E-state index in [1.54, 1.807) is 0 Å². The van der Waals surface area contributed by atoms with E-state index in [4.69, 9.17) is 9.47 Å². The molecular formula is C8H16O6. The van der Waals surface area contributed by atoms with Crippen molar-refractivity contribution in [3.05, 3.63) is 0 Å². The third-order valence-corrected chi connectivity index (χ3v) is 2.31. The number of methoxy groups -OCH3 is 1. The van der Waals surface area contributed by atoms with Crippen molar-refractivity contribution in [1.29, 1.82) is 0 Å². The van der Waals surface area contributed by atoms with Crippen molar-refractivity contribution in [2.24, 2.45) is 0 Å². The third kappa shape index (κ3) is 2.05. The first-order chi connectivity index (χ1) is 6.49. The standard InChI is InChI=1S/C8H16O6/c1-3(9)7-5(11)4(10)6(12)8(13-2)14-7/h3-12H,1-2H3/t3?,4-,5+,6+,7+,8+/m0/s1. The normalized spacial score (nSPS) is 46.3. The largest absolute Gasteiger partial charge is 0.391 e. The molecule has 0 aromatic heterocycles. The Morgan fingerprint density at radius 1 is 1.14 bits per heavy atom. The second kappa shape index (κ2) is 4.52. The molecule has 1 rings (SSSR count). The lowest BCUT2D eigenvalue weighted by Gasteiger charge is -2.40. The number of hydrogen-bond donors (Lipinski definition) is 4. The fourth-order valence-electron chi connectivity index (χ4n) is 1.47.